The molecule has 0 radical (unpaired) electrons. The monoisotopic (exact) mass is 353 g/mol. The summed E-state index contributed by atoms with van der Waals surface area (Å²) in [6.07, 6.45) is 1.81. The summed E-state index contributed by atoms with van der Waals surface area (Å²) in [6, 6.07) is 8.44. The molecule has 0 fully saturated rings. The van der Waals surface area contributed by atoms with Gasteiger partial charge in [0.1, 0.15) is 5.76 Å². The van der Waals surface area contributed by atoms with Crippen molar-refractivity contribution in [3.8, 4) is 0 Å². The minimum Gasteiger partial charge on any atom is -0.361 e. The van der Waals surface area contributed by atoms with Crippen LogP contribution in [0.2, 0.25) is 0 Å². The number of para-hydroxylation sites is 1. The number of guanidine groups is 1. The van der Waals surface area contributed by atoms with Crippen LogP contribution in [0, 0.1) is 20.8 Å². The van der Waals surface area contributed by atoms with Crippen LogP contribution in [0.25, 0.3) is 10.9 Å². The fourth-order valence-electron chi connectivity index (χ4n) is 3.35. The zero-order valence-corrected chi connectivity index (χ0v) is 15.9. The van der Waals surface area contributed by atoms with E-state index >= 15 is 0 Å². The Bertz CT molecular complexity index is 887. The van der Waals surface area contributed by atoms with Crippen LogP contribution in [0.5, 0.6) is 0 Å². The lowest BCUT2D eigenvalue weighted by molar-refractivity contribution is 0.392. The SMILES string of the molecule is CN=C(NCCc1c(C)noc1C)NCCc1c(C)[nH]c2ccccc12. The normalized spacial score (nSPS) is 11.9. The summed E-state index contributed by atoms with van der Waals surface area (Å²) < 4.78 is 5.21. The maximum Gasteiger partial charge on any atom is 0.190 e. The van der Waals surface area contributed by atoms with Gasteiger partial charge in [0.2, 0.25) is 0 Å². The van der Waals surface area contributed by atoms with E-state index in [9.17, 15) is 0 Å². The summed E-state index contributed by atoms with van der Waals surface area (Å²) in [4.78, 5) is 7.75. The number of fused-ring (bicyclic) bond motifs is 1. The summed E-state index contributed by atoms with van der Waals surface area (Å²) in [5, 5.41) is 12.0. The van der Waals surface area contributed by atoms with Crippen molar-refractivity contribution in [2.45, 2.75) is 33.6 Å². The Kier molecular flexibility index (Phi) is 5.61. The molecule has 0 bridgehead atoms. The van der Waals surface area contributed by atoms with Crippen LogP contribution in [0.3, 0.4) is 0 Å². The van der Waals surface area contributed by atoms with Crippen LogP contribution in [0.1, 0.15) is 28.3 Å². The van der Waals surface area contributed by atoms with E-state index in [-0.39, 0.29) is 0 Å². The van der Waals surface area contributed by atoms with Crippen LogP contribution in [0.4, 0.5) is 0 Å². The molecule has 0 aliphatic carbocycles. The second-order valence-electron chi connectivity index (χ2n) is 6.50. The molecule has 138 valence electrons. The quantitative estimate of drug-likeness (QED) is 0.470. The molecule has 6 heteroatoms. The number of H-pyrrole nitrogens is 1. The molecule has 0 atom stereocenters. The number of hydrogen-bond donors (Lipinski definition) is 3. The minimum absolute atomic E-state index is 0.786. The maximum absolute atomic E-state index is 5.21. The summed E-state index contributed by atoms with van der Waals surface area (Å²) >= 11 is 0. The highest BCUT2D eigenvalue weighted by Crippen LogP contribution is 2.21. The van der Waals surface area contributed by atoms with Crippen molar-refractivity contribution >= 4 is 16.9 Å². The third-order valence-corrected chi connectivity index (χ3v) is 4.77. The van der Waals surface area contributed by atoms with Gasteiger partial charge in [0.05, 0.1) is 5.69 Å². The van der Waals surface area contributed by atoms with Crippen molar-refractivity contribution in [1.82, 2.24) is 20.8 Å². The molecule has 3 N–H and O–H groups in total. The van der Waals surface area contributed by atoms with Gasteiger partial charge >= 0.3 is 0 Å². The number of nitrogens with one attached hydrogen (secondary N) is 3. The molecule has 0 saturated heterocycles. The Balaban J connectivity index is 1.50. The van der Waals surface area contributed by atoms with Crippen molar-refractivity contribution in [2.24, 2.45) is 4.99 Å². The number of benzene rings is 1. The van der Waals surface area contributed by atoms with Crippen LogP contribution >= 0.6 is 0 Å². The first-order valence-corrected chi connectivity index (χ1v) is 9.02. The molecule has 0 aliphatic rings. The molecule has 2 aromatic heterocycles. The van der Waals surface area contributed by atoms with Gasteiger partial charge in [-0.05, 0) is 45.2 Å². The standard InChI is InChI=1S/C20H27N5O/c1-13-17(18-7-5-6-8-19(18)24-13)10-12-23-20(21-4)22-11-9-16-14(2)25-26-15(16)3/h5-8,24H,9-12H2,1-4H3,(H2,21,22,23). The molecule has 0 aliphatic heterocycles. The summed E-state index contributed by atoms with van der Waals surface area (Å²) in [6.45, 7) is 7.67. The van der Waals surface area contributed by atoms with Gasteiger partial charge in [-0.25, -0.2) is 0 Å². The average molecular weight is 353 g/mol. The van der Waals surface area contributed by atoms with Crippen LogP contribution in [0.15, 0.2) is 33.8 Å². The first kappa shape index (κ1) is 18.0. The second kappa shape index (κ2) is 8.08. The predicted octanol–water partition coefficient (Wildman–Crippen LogP) is 3.03. The topological polar surface area (TPSA) is 78.2 Å². The first-order valence-electron chi connectivity index (χ1n) is 9.02. The van der Waals surface area contributed by atoms with Crippen LogP contribution in [-0.4, -0.2) is 36.2 Å². The van der Waals surface area contributed by atoms with E-state index in [0.29, 0.717) is 0 Å². The highest BCUT2D eigenvalue weighted by molar-refractivity contribution is 5.84. The Morgan fingerprint density at radius 1 is 1.08 bits per heavy atom. The third-order valence-electron chi connectivity index (χ3n) is 4.77. The molecule has 2 heterocycles. The number of nitrogens with zero attached hydrogens (tertiary/aromatic N) is 2. The smallest absolute Gasteiger partial charge is 0.190 e. The minimum atomic E-state index is 0.786. The van der Waals surface area contributed by atoms with Crippen molar-refractivity contribution in [3.63, 3.8) is 0 Å². The van der Waals surface area contributed by atoms with Gasteiger partial charge in [-0.1, -0.05) is 23.4 Å². The number of aromatic amines is 1. The number of aliphatic imine (C=N–C) groups is 1. The Hall–Kier alpha value is -2.76. The van der Waals surface area contributed by atoms with E-state index in [2.05, 4.69) is 57.0 Å². The lowest BCUT2D eigenvalue weighted by Gasteiger charge is -2.12. The largest absolute Gasteiger partial charge is 0.361 e. The zero-order valence-electron chi connectivity index (χ0n) is 15.9. The number of hydrogen-bond acceptors (Lipinski definition) is 3. The van der Waals surface area contributed by atoms with Crippen molar-refractivity contribution in [1.29, 1.82) is 0 Å². The highest BCUT2D eigenvalue weighted by atomic mass is 16.5. The Morgan fingerprint density at radius 2 is 1.77 bits per heavy atom. The van der Waals surface area contributed by atoms with E-state index in [4.69, 9.17) is 4.52 Å². The zero-order chi connectivity index (χ0) is 18.5. The van der Waals surface area contributed by atoms with E-state index in [1.165, 1.54) is 27.7 Å². The molecule has 3 aromatic rings. The summed E-state index contributed by atoms with van der Waals surface area (Å²) in [5.74, 6) is 1.70. The number of aryl methyl sites for hydroxylation is 3. The van der Waals surface area contributed by atoms with Crippen molar-refractivity contribution in [3.05, 3.63) is 52.5 Å². The summed E-state index contributed by atoms with van der Waals surface area (Å²) in [5.41, 5.74) is 5.92. The van der Waals surface area contributed by atoms with Gasteiger partial charge in [0, 0.05) is 42.3 Å². The van der Waals surface area contributed by atoms with E-state index in [1.807, 2.05) is 13.8 Å². The second-order valence-corrected chi connectivity index (χ2v) is 6.50. The molecule has 3 rings (SSSR count). The Labute approximate surface area is 154 Å². The first-order chi connectivity index (χ1) is 12.6. The molecular weight excluding hydrogens is 326 g/mol. The van der Waals surface area contributed by atoms with E-state index < -0.39 is 0 Å². The molecular formula is C20H27N5O. The molecule has 0 amide bonds. The molecule has 6 nitrogen and oxygen atoms in total. The van der Waals surface area contributed by atoms with Gasteiger partial charge in [-0.3, -0.25) is 4.99 Å². The molecule has 1 aromatic carbocycles. The molecule has 26 heavy (non-hydrogen) atoms. The van der Waals surface area contributed by atoms with Crippen molar-refractivity contribution < 1.29 is 4.52 Å². The van der Waals surface area contributed by atoms with Gasteiger partial charge < -0.3 is 20.1 Å². The molecule has 0 unspecified atom stereocenters. The van der Waals surface area contributed by atoms with Gasteiger partial charge in [-0.15, -0.1) is 0 Å². The van der Waals surface area contributed by atoms with Gasteiger partial charge in [-0.2, -0.15) is 0 Å². The lowest BCUT2D eigenvalue weighted by atomic mass is 10.1. The van der Waals surface area contributed by atoms with Crippen LogP contribution in [-0.2, 0) is 12.8 Å². The fraction of sp³-hybridized carbons (Fsp3) is 0.400. The van der Waals surface area contributed by atoms with Crippen LogP contribution < -0.4 is 10.6 Å². The van der Waals surface area contributed by atoms with E-state index in [1.54, 1.807) is 7.05 Å². The van der Waals surface area contributed by atoms with Gasteiger partial charge in [0.25, 0.3) is 0 Å². The van der Waals surface area contributed by atoms with Crippen molar-refractivity contribution in [2.75, 3.05) is 20.1 Å². The third kappa shape index (κ3) is 3.90. The molecule has 0 saturated carbocycles. The lowest BCUT2D eigenvalue weighted by Crippen LogP contribution is -2.39. The highest BCUT2D eigenvalue weighted by Gasteiger charge is 2.10. The Morgan fingerprint density at radius 3 is 2.42 bits per heavy atom. The maximum atomic E-state index is 5.21. The predicted molar refractivity (Wildman–Crippen MR) is 106 cm³/mol. The molecule has 0 spiro atoms. The fourth-order valence-corrected chi connectivity index (χ4v) is 3.35. The number of rotatable bonds is 6. The van der Waals surface area contributed by atoms with E-state index in [0.717, 1.165) is 43.3 Å². The number of aromatic nitrogens is 2. The average Bonchev–Trinajstić information content (AvgIpc) is 3.13. The summed E-state index contributed by atoms with van der Waals surface area (Å²) in [7, 11) is 1.79. The van der Waals surface area contributed by atoms with Gasteiger partial charge in [0.15, 0.2) is 5.96 Å².